The number of hydrogen-bond acceptors (Lipinski definition) is 5. The molecule has 0 radical (unpaired) electrons. The Labute approximate surface area is 136 Å². The van der Waals surface area contributed by atoms with Crippen molar-refractivity contribution in [2.45, 2.75) is 30.4 Å². The number of amides is 1. The van der Waals surface area contributed by atoms with Gasteiger partial charge in [0.1, 0.15) is 6.04 Å². The molecule has 0 spiro atoms. The zero-order valence-corrected chi connectivity index (χ0v) is 14.0. The fourth-order valence-electron chi connectivity index (χ4n) is 3.05. The average molecular weight is 339 g/mol. The molecule has 1 aromatic carbocycles. The van der Waals surface area contributed by atoms with E-state index in [1.807, 2.05) is 6.92 Å². The Morgan fingerprint density at radius 2 is 2.22 bits per heavy atom. The van der Waals surface area contributed by atoms with Crippen molar-refractivity contribution >= 4 is 21.6 Å². The highest BCUT2D eigenvalue weighted by Crippen LogP contribution is 2.31. The summed E-state index contributed by atoms with van der Waals surface area (Å²) < 4.78 is 31.8. The van der Waals surface area contributed by atoms with E-state index in [0.29, 0.717) is 25.4 Å². The van der Waals surface area contributed by atoms with Gasteiger partial charge in [0.05, 0.1) is 17.6 Å². The number of nitrogens with one attached hydrogen (secondary N) is 2. The molecule has 2 aliphatic rings. The maximum absolute atomic E-state index is 12.8. The molecule has 23 heavy (non-hydrogen) atoms. The first-order chi connectivity index (χ1) is 10.9. The van der Waals surface area contributed by atoms with Crippen molar-refractivity contribution < 1.29 is 17.9 Å². The first-order valence-corrected chi connectivity index (χ1v) is 9.15. The Balaban J connectivity index is 1.91. The van der Waals surface area contributed by atoms with Crippen molar-refractivity contribution in [1.82, 2.24) is 10.0 Å². The molecular formula is C15H21N3O4S. The van der Waals surface area contributed by atoms with E-state index in [0.717, 1.165) is 12.0 Å². The van der Waals surface area contributed by atoms with Crippen LogP contribution in [0.25, 0.3) is 0 Å². The number of carbonyl (C=O) groups is 1. The van der Waals surface area contributed by atoms with Gasteiger partial charge in [0.15, 0.2) is 0 Å². The van der Waals surface area contributed by atoms with Crippen molar-refractivity contribution in [2.75, 3.05) is 31.6 Å². The Hall–Kier alpha value is -1.48. The van der Waals surface area contributed by atoms with Gasteiger partial charge in [-0.25, -0.2) is 13.1 Å². The lowest BCUT2D eigenvalue weighted by atomic mass is 10.1. The molecule has 7 nitrogen and oxygen atoms in total. The summed E-state index contributed by atoms with van der Waals surface area (Å²) in [7, 11) is -2.16. The van der Waals surface area contributed by atoms with Crippen LogP contribution in [0.2, 0.25) is 0 Å². The SMILES string of the molecule is CNS(=O)(=O)c1ccc2c(c1)N(C(=O)[C@H]1NCCO[C@@H]1C)CC2. The van der Waals surface area contributed by atoms with Gasteiger partial charge in [0.2, 0.25) is 15.9 Å². The number of rotatable bonds is 3. The van der Waals surface area contributed by atoms with Crippen LogP contribution in [0.1, 0.15) is 12.5 Å². The molecule has 0 aromatic heterocycles. The van der Waals surface area contributed by atoms with Crippen molar-refractivity contribution in [2.24, 2.45) is 0 Å². The molecule has 1 fully saturated rings. The third-order valence-corrected chi connectivity index (χ3v) is 5.79. The monoisotopic (exact) mass is 339 g/mol. The molecule has 2 atom stereocenters. The van der Waals surface area contributed by atoms with E-state index in [-0.39, 0.29) is 16.9 Å². The summed E-state index contributed by atoms with van der Waals surface area (Å²) in [4.78, 5) is 14.6. The van der Waals surface area contributed by atoms with Crippen molar-refractivity contribution in [1.29, 1.82) is 0 Å². The highest BCUT2D eigenvalue weighted by atomic mass is 32.2. The van der Waals surface area contributed by atoms with E-state index in [9.17, 15) is 13.2 Å². The molecule has 0 bridgehead atoms. The molecule has 1 aromatic rings. The normalized spacial score (nSPS) is 24.5. The number of sulfonamides is 1. The smallest absolute Gasteiger partial charge is 0.246 e. The number of morpholine rings is 1. The van der Waals surface area contributed by atoms with Crippen LogP contribution in [-0.2, 0) is 26.0 Å². The zero-order valence-electron chi connectivity index (χ0n) is 13.2. The van der Waals surface area contributed by atoms with Crippen molar-refractivity contribution in [3.05, 3.63) is 23.8 Å². The van der Waals surface area contributed by atoms with Gasteiger partial charge in [-0.05, 0) is 38.1 Å². The van der Waals surface area contributed by atoms with Crippen molar-refractivity contribution in [3.8, 4) is 0 Å². The number of nitrogens with zero attached hydrogens (tertiary/aromatic N) is 1. The van der Waals surface area contributed by atoms with Crippen LogP contribution in [0.15, 0.2) is 23.1 Å². The minimum Gasteiger partial charge on any atom is -0.375 e. The second kappa shape index (κ2) is 6.20. The maximum atomic E-state index is 12.8. The summed E-state index contributed by atoms with van der Waals surface area (Å²) in [5.41, 5.74) is 1.66. The van der Waals surface area contributed by atoms with Gasteiger partial charge in [-0.3, -0.25) is 4.79 Å². The van der Waals surface area contributed by atoms with Gasteiger partial charge in [-0.15, -0.1) is 0 Å². The lowest BCUT2D eigenvalue weighted by Crippen LogP contribution is -2.56. The van der Waals surface area contributed by atoms with Crippen LogP contribution in [0, 0.1) is 0 Å². The Bertz CT molecular complexity index is 719. The summed E-state index contributed by atoms with van der Waals surface area (Å²) >= 11 is 0. The second-order valence-corrected chi connectivity index (χ2v) is 7.63. The Morgan fingerprint density at radius 3 is 2.91 bits per heavy atom. The predicted molar refractivity (Wildman–Crippen MR) is 85.9 cm³/mol. The minimum absolute atomic E-state index is 0.0741. The van der Waals surface area contributed by atoms with Gasteiger partial charge in [-0.1, -0.05) is 6.07 Å². The molecule has 3 rings (SSSR count). The second-order valence-electron chi connectivity index (χ2n) is 5.75. The number of anilines is 1. The van der Waals surface area contributed by atoms with Crippen LogP contribution < -0.4 is 14.9 Å². The van der Waals surface area contributed by atoms with E-state index in [2.05, 4.69) is 10.0 Å². The molecule has 1 saturated heterocycles. The van der Waals surface area contributed by atoms with Gasteiger partial charge in [-0.2, -0.15) is 0 Å². The lowest BCUT2D eigenvalue weighted by molar-refractivity contribution is -0.126. The highest BCUT2D eigenvalue weighted by molar-refractivity contribution is 7.89. The van der Waals surface area contributed by atoms with E-state index in [1.165, 1.54) is 7.05 Å². The average Bonchev–Trinajstić information content (AvgIpc) is 2.97. The number of hydrogen-bond donors (Lipinski definition) is 2. The molecule has 1 amide bonds. The predicted octanol–water partition coefficient (Wildman–Crippen LogP) is -0.139. The standard InChI is InChI=1S/C15H21N3O4S/c1-10-14(17-6-8-22-10)15(19)18-7-5-11-3-4-12(9-13(11)18)23(20,21)16-2/h3-4,9-10,14,16-17H,5-8H2,1-2H3/t10-,14+/m1/s1. The zero-order chi connectivity index (χ0) is 16.6. The summed E-state index contributed by atoms with van der Waals surface area (Å²) in [5, 5.41) is 3.19. The third-order valence-electron chi connectivity index (χ3n) is 4.38. The Morgan fingerprint density at radius 1 is 1.43 bits per heavy atom. The van der Waals surface area contributed by atoms with Crippen LogP contribution in [-0.4, -0.2) is 53.2 Å². The quantitative estimate of drug-likeness (QED) is 0.800. The van der Waals surface area contributed by atoms with Gasteiger partial charge in [0, 0.05) is 18.8 Å². The molecule has 2 aliphatic heterocycles. The van der Waals surface area contributed by atoms with E-state index < -0.39 is 16.1 Å². The first kappa shape index (κ1) is 16.4. The summed E-state index contributed by atoms with van der Waals surface area (Å²) in [6.07, 6.45) is 0.521. The summed E-state index contributed by atoms with van der Waals surface area (Å²) in [6.45, 7) is 3.65. The number of fused-ring (bicyclic) bond motifs is 1. The first-order valence-electron chi connectivity index (χ1n) is 7.67. The molecule has 0 saturated carbocycles. The largest absolute Gasteiger partial charge is 0.375 e. The van der Waals surface area contributed by atoms with Crippen LogP contribution in [0.3, 0.4) is 0 Å². The van der Waals surface area contributed by atoms with E-state index in [4.69, 9.17) is 4.74 Å². The maximum Gasteiger partial charge on any atom is 0.246 e. The van der Waals surface area contributed by atoms with Gasteiger partial charge in [0.25, 0.3) is 0 Å². The van der Waals surface area contributed by atoms with Gasteiger partial charge >= 0.3 is 0 Å². The highest BCUT2D eigenvalue weighted by Gasteiger charge is 2.35. The molecule has 126 valence electrons. The Kier molecular flexibility index (Phi) is 4.41. The summed E-state index contributed by atoms with van der Waals surface area (Å²) in [6, 6.07) is 4.52. The molecule has 2 N–H and O–H groups in total. The topological polar surface area (TPSA) is 87.7 Å². The van der Waals surface area contributed by atoms with Gasteiger partial charge < -0.3 is 15.0 Å². The molecule has 2 heterocycles. The van der Waals surface area contributed by atoms with Crippen molar-refractivity contribution in [3.63, 3.8) is 0 Å². The third kappa shape index (κ3) is 2.99. The van der Waals surface area contributed by atoms with Crippen LogP contribution in [0.5, 0.6) is 0 Å². The van der Waals surface area contributed by atoms with E-state index in [1.54, 1.807) is 23.1 Å². The fraction of sp³-hybridized carbons (Fsp3) is 0.533. The number of benzene rings is 1. The molecule has 0 aliphatic carbocycles. The number of carbonyl (C=O) groups excluding carboxylic acids is 1. The van der Waals surface area contributed by atoms with E-state index >= 15 is 0 Å². The molecule has 8 heteroatoms. The van der Waals surface area contributed by atoms with Crippen LogP contribution in [0.4, 0.5) is 5.69 Å². The fourth-order valence-corrected chi connectivity index (χ4v) is 3.80. The molecule has 0 unspecified atom stereocenters. The lowest BCUT2D eigenvalue weighted by Gasteiger charge is -2.32. The minimum atomic E-state index is -3.53. The molecular weight excluding hydrogens is 318 g/mol. The number of ether oxygens (including phenoxy) is 1. The summed E-state index contributed by atoms with van der Waals surface area (Å²) in [5.74, 6) is -0.0741. The van der Waals surface area contributed by atoms with Crippen LogP contribution >= 0.6 is 0 Å².